The number of hydrogen-bond acceptors (Lipinski definition) is 2. The Morgan fingerprint density at radius 1 is 1.29 bits per heavy atom. The van der Waals surface area contributed by atoms with Gasteiger partial charge in [0.05, 0.1) is 12.6 Å². The Morgan fingerprint density at radius 3 is 2.43 bits per heavy atom. The molecule has 114 valence electrons. The van der Waals surface area contributed by atoms with E-state index in [4.69, 9.17) is 0 Å². The molecule has 2 N–H and O–H groups in total. The first-order valence-corrected chi connectivity index (χ1v) is 7.07. The zero-order valence-corrected chi connectivity index (χ0v) is 11.3. The van der Waals surface area contributed by atoms with E-state index in [1.165, 1.54) is 0 Å². The Morgan fingerprint density at radius 2 is 1.90 bits per heavy atom. The van der Waals surface area contributed by atoms with Gasteiger partial charge < -0.3 is 10.4 Å². The smallest absolute Gasteiger partial charge is 0.223 e. The molecule has 1 amide bonds. The van der Waals surface area contributed by atoms with E-state index in [-0.39, 0.29) is 17.4 Å². The predicted molar refractivity (Wildman–Crippen MR) is 68.6 cm³/mol. The number of rotatable bonds is 5. The zero-order valence-electron chi connectivity index (χ0n) is 11.3. The van der Waals surface area contributed by atoms with Crippen molar-refractivity contribution in [1.29, 1.82) is 0 Å². The van der Waals surface area contributed by atoms with Crippen molar-refractivity contribution in [2.75, 3.05) is 6.61 Å². The van der Waals surface area contributed by atoms with E-state index < -0.39 is 30.1 Å². The summed E-state index contributed by atoms with van der Waals surface area (Å²) in [5.41, 5.74) is 0.0193. The molecule has 3 rings (SSSR count). The summed E-state index contributed by atoms with van der Waals surface area (Å²) in [6.45, 7) is -0.503. The average Bonchev–Trinajstić information content (AvgIpc) is 3.31. The fraction of sp³-hybridized carbons (Fsp3) is 0.533. The van der Waals surface area contributed by atoms with Crippen molar-refractivity contribution in [1.82, 2.24) is 5.32 Å². The Balaban J connectivity index is 1.68. The molecular weight excluding hydrogens is 283 g/mol. The van der Waals surface area contributed by atoms with Gasteiger partial charge in [-0.05, 0) is 48.8 Å². The van der Waals surface area contributed by atoms with Crippen molar-refractivity contribution in [3.8, 4) is 0 Å². The van der Waals surface area contributed by atoms with Crippen LogP contribution in [0.2, 0.25) is 0 Å². The second-order valence-electron chi connectivity index (χ2n) is 5.89. The van der Waals surface area contributed by atoms with E-state index in [1.807, 2.05) is 0 Å². The summed E-state index contributed by atoms with van der Waals surface area (Å²) in [5.74, 6) is -3.46. The van der Waals surface area contributed by atoms with Gasteiger partial charge in [-0.2, -0.15) is 0 Å². The fourth-order valence-electron chi connectivity index (χ4n) is 2.85. The van der Waals surface area contributed by atoms with E-state index in [9.17, 15) is 23.1 Å². The number of hydrogen-bond donors (Lipinski definition) is 2. The maximum Gasteiger partial charge on any atom is 0.223 e. The lowest BCUT2D eigenvalue weighted by atomic mass is 10.1. The monoisotopic (exact) mass is 299 g/mol. The van der Waals surface area contributed by atoms with Gasteiger partial charge in [-0.25, -0.2) is 13.2 Å². The summed E-state index contributed by atoms with van der Waals surface area (Å²) in [4.78, 5) is 12.0. The van der Waals surface area contributed by atoms with Crippen LogP contribution in [0.4, 0.5) is 13.2 Å². The number of benzene rings is 1. The zero-order chi connectivity index (χ0) is 15.1. The lowest BCUT2D eigenvalue weighted by Crippen LogP contribution is -2.32. The standard InChI is InChI=1S/C15H16F3NO2/c16-11-3-8(4-12(17)14(11)18)13(6-20)19-15(21)10-5-9(10)7-1-2-7/h3-4,7,9-10,13,20H,1-2,5-6H2,(H,19,21). The van der Waals surface area contributed by atoms with E-state index in [0.717, 1.165) is 31.4 Å². The normalized spacial score (nSPS) is 25.5. The third kappa shape index (κ3) is 2.90. The Kier molecular flexibility index (Phi) is 3.65. The summed E-state index contributed by atoms with van der Waals surface area (Å²) < 4.78 is 39.3. The summed E-state index contributed by atoms with van der Waals surface area (Å²) in [6.07, 6.45) is 3.15. The minimum atomic E-state index is -1.56. The second kappa shape index (κ2) is 5.33. The first-order valence-electron chi connectivity index (χ1n) is 7.07. The van der Waals surface area contributed by atoms with Crippen LogP contribution in [0.15, 0.2) is 12.1 Å². The first-order chi connectivity index (χ1) is 10.0. The van der Waals surface area contributed by atoms with Crippen LogP contribution in [0.3, 0.4) is 0 Å². The average molecular weight is 299 g/mol. The number of aliphatic hydroxyl groups is 1. The summed E-state index contributed by atoms with van der Waals surface area (Å²) in [5, 5.41) is 11.9. The number of amides is 1. The lowest BCUT2D eigenvalue weighted by molar-refractivity contribution is -0.123. The van der Waals surface area contributed by atoms with Crippen LogP contribution in [0.5, 0.6) is 0 Å². The Labute approximate surface area is 120 Å². The molecule has 2 saturated carbocycles. The highest BCUT2D eigenvalue weighted by Crippen LogP contribution is 2.54. The highest BCUT2D eigenvalue weighted by molar-refractivity contribution is 5.82. The fourth-order valence-corrected chi connectivity index (χ4v) is 2.85. The van der Waals surface area contributed by atoms with Gasteiger partial charge >= 0.3 is 0 Å². The van der Waals surface area contributed by atoms with Crippen molar-refractivity contribution >= 4 is 5.91 Å². The van der Waals surface area contributed by atoms with Crippen molar-refractivity contribution < 1.29 is 23.1 Å². The van der Waals surface area contributed by atoms with Gasteiger partial charge in [0.2, 0.25) is 5.91 Å². The quantitative estimate of drug-likeness (QED) is 0.820. The summed E-state index contributed by atoms with van der Waals surface area (Å²) in [7, 11) is 0. The van der Waals surface area contributed by atoms with Crippen molar-refractivity contribution in [3.05, 3.63) is 35.1 Å². The molecule has 0 aliphatic heterocycles. The molecule has 0 spiro atoms. The SMILES string of the molecule is O=C(NC(CO)c1cc(F)c(F)c(F)c1)C1CC1C1CC1. The van der Waals surface area contributed by atoms with Crippen molar-refractivity contribution in [3.63, 3.8) is 0 Å². The van der Waals surface area contributed by atoms with Gasteiger partial charge in [0, 0.05) is 5.92 Å². The predicted octanol–water partition coefficient (Wildman–Crippen LogP) is 2.30. The molecule has 6 heteroatoms. The van der Waals surface area contributed by atoms with Crippen LogP contribution in [-0.2, 0) is 4.79 Å². The molecule has 0 bridgehead atoms. The molecular formula is C15H16F3NO2. The molecule has 3 unspecified atom stereocenters. The maximum absolute atomic E-state index is 13.2. The summed E-state index contributed by atoms with van der Waals surface area (Å²) in [6, 6.07) is 0.665. The van der Waals surface area contributed by atoms with E-state index in [1.54, 1.807) is 0 Å². The first kappa shape index (κ1) is 14.4. The molecule has 0 heterocycles. The Hall–Kier alpha value is -1.56. The lowest BCUT2D eigenvalue weighted by Gasteiger charge is -2.17. The maximum atomic E-state index is 13.2. The Bertz CT molecular complexity index is 551. The molecule has 3 atom stereocenters. The van der Waals surface area contributed by atoms with E-state index in [2.05, 4.69) is 5.32 Å². The van der Waals surface area contributed by atoms with Crippen LogP contribution in [0.1, 0.15) is 30.9 Å². The summed E-state index contributed by atoms with van der Waals surface area (Å²) >= 11 is 0. The minimum absolute atomic E-state index is 0.0193. The molecule has 1 aromatic carbocycles. The number of nitrogens with one attached hydrogen (secondary N) is 1. The third-order valence-electron chi connectivity index (χ3n) is 4.31. The molecule has 21 heavy (non-hydrogen) atoms. The molecule has 0 aromatic heterocycles. The van der Waals surface area contributed by atoms with E-state index >= 15 is 0 Å². The molecule has 2 fully saturated rings. The van der Waals surface area contributed by atoms with Crippen LogP contribution >= 0.6 is 0 Å². The molecule has 0 radical (unpaired) electrons. The molecule has 0 saturated heterocycles. The van der Waals surface area contributed by atoms with Gasteiger partial charge in [-0.3, -0.25) is 4.79 Å². The van der Waals surface area contributed by atoms with Gasteiger partial charge in [0.1, 0.15) is 0 Å². The molecule has 2 aliphatic rings. The molecule has 3 nitrogen and oxygen atoms in total. The third-order valence-corrected chi connectivity index (χ3v) is 4.31. The van der Waals surface area contributed by atoms with E-state index in [0.29, 0.717) is 11.8 Å². The highest BCUT2D eigenvalue weighted by Gasteiger charge is 2.51. The van der Waals surface area contributed by atoms with Crippen molar-refractivity contribution in [2.24, 2.45) is 17.8 Å². The van der Waals surface area contributed by atoms with Crippen LogP contribution in [0, 0.1) is 35.2 Å². The topological polar surface area (TPSA) is 49.3 Å². The number of carbonyl (C=O) groups excluding carboxylic acids is 1. The largest absolute Gasteiger partial charge is 0.394 e. The van der Waals surface area contributed by atoms with Gasteiger partial charge in [0.15, 0.2) is 17.5 Å². The van der Waals surface area contributed by atoms with Crippen LogP contribution in [-0.4, -0.2) is 17.6 Å². The van der Waals surface area contributed by atoms with Crippen molar-refractivity contribution in [2.45, 2.75) is 25.3 Å². The highest BCUT2D eigenvalue weighted by atomic mass is 19.2. The molecule has 2 aliphatic carbocycles. The number of carbonyl (C=O) groups is 1. The minimum Gasteiger partial charge on any atom is -0.394 e. The van der Waals surface area contributed by atoms with Gasteiger partial charge in [0.25, 0.3) is 0 Å². The number of halogens is 3. The van der Waals surface area contributed by atoms with Crippen LogP contribution in [0.25, 0.3) is 0 Å². The molecule has 1 aromatic rings. The second-order valence-corrected chi connectivity index (χ2v) is 5.89. The van der Waals surface area contributed by atoms with Gasteiger partial charge in [-0.1, -0.05) is 0 Å². The van der Waals surface area contributed by atoms with Gasteiger partial charge in [-0.15, -0.1) is 0 Å². The van der Waals surface area contributed by atoms with Crippen LogP contribution < -0.4 is 5.32 Å². The number of aliphatic hydroxyl groups excluding tert-OH is 1.